The third kappa shape index (κ3) is 10.5. The van der Waals surface area contributed by atoms with Crippen LogP contribution in [0.2, 0.25) is 0 Å². The fraction of sp³-hybridized carbons (Fsp3) is 0.467. The van der Waals surface area contributed by atoms with Crippen molar-refractivity contribution in [2.45, 2.75) is 91.1 Å². The SMILES string of the molecule is CCCCCCc1cn(Cc2ccccc2)nn1.CCCCCCc1cn(Cc2ccccc2)nn1. The van der Waals surface area contributed by atoms with Crippen LogP contribution in [0.4, 0.5) is 0 Å². The zero-order chi connectivity index (χ0) is 25.3. The van der Waals surface area contributed by atoms with Crippen molar-refractivity contribution in [1.29, 1.82) is 0 Å². The lowest BCUT2D eigenvalue weighted by molar-refractivity contribution is 0.646. The van der Waals surface area contributed by atoms with Gasteiger partial charge in [-0.05, 0) is 36.8 Å². The summed E-state index contributed by atoms with van der Waals surface area (Å²) in [6.07, 6.45) is 16.5. The van der Waals surface area contributed by atoms with Crippen LogP contribution in [0.25, 0.3) is 0 Å². The van der Waals surface area contributed by atoms with Crippen LogP contribution in [0.1, 0.15) is 87.7 Å². The van der Waals surface area contributed by atoms with Crippen molar-refractivity contribution in [3.8, 4) is 0 Å². The van der Waals surface area contributed by atoms with Gasteiger partial charge in [0.05, 0.1) is 24.5 Å². The minimum absolute atomic E-state index is 0.808. The highest BCUT2D eigenvalue weighted by molar-refractivity contribution is 5.15. The maximum atomic E-state index is 4.22. The minimum Gasteiger partial charge on any atom is -0.248 e. The summed E-state index contributed by atoms with van der Waals surface area (Å²) in [5, 5.41) is 16.8. The number of aromatic nitrogens is 6. The van der Waals surface area contributed by atoms with Crippen molar-refractivity contribution in [2.24, 2.45) is 0 Å². The Kier molecular flexibility index (Phi) is 12.4. The molecule has 192 valence electrons. The van der Waals surface area contributed by atoms with E-state index in [0.717, 1.165) is 37.3 Å². The van der Waals surface area contributed by atoms with E-state index in [0.29, 0.717) is 0 Å². The predicted molar refractivity (Wildman–Crippen MR) is 147 cm³/mol. The Bertz CT molecular complexity index is 983. The first-order valence-corrected chi connectivity index (χ1v) is 13.6. The van der Waals surface area contributed by atoms with Crippen molar-refractivity contribution in [3.63, 3.8) is 0 Å². The quantitative estimate of drug-likeness (QED) is 0.182. The van der Waals surface area contributed by atoms with E-state index in [-0.39, 0.29) is 0 Å². The van der Waals surface area contributed by atoms with Crippen LogP contribution in [0.5, 0.6) is 0 Å². The molecule has 0 aliphatic rings. The Balaban J connectivity index is 0.000000201. The van der Waals surface area contributed by atoms with E-state index < -0.39 is 0 Å². The van der Waals surface area contributed by atoms with Crippen molar-refractivity contribution < 1.29 is 0 Å². The molecular weight excluding hydrogens is 444 g/mol. The molecule has 4 rings (SSSR count). The summed E-state index contributed by atoms with van der Waals surface area (Å²) in [5.74, 6) is 0. The summed E-state index contributed by atoms with van der Waals surface area (Å²) in [7, 11) is 0. The molecule has 2 aromatic heterocycles. The van der Waals surface area contributed by atoms with E-state index in [1.165, 1.54) is 62.5 Å². The molecule has 0 aliphatic carbocycles. The number of rotatable bonds is 14. The van der Waals surface area contributed by atoms with Gasteiger partial charge < -0.3 is 0 Å². The van der Waals surface area contributed by atoms with E-state index in [9.17, 15) is 0 Å². The zero-order valence-electron chi connectivity index (χ0n) is 22.1. The molecule has 4 aromatic rings. The average Bonchev–Trinajstić information content (AvgIpc) is 3.55. The molecule has 0 spiro atoms. The van der Waals surface area contributed by atoms with Gasteiger partial charge in [-0.25, -0.2) is 9.36 Å². The zero-order valence-corrected chi connectivity index (χ0v) is 22.1. The Morgan fingerprint density at radius 3 is 1.33 bits per heavy atom. The number of hydrogen-bond donors (Lipinski definition) is 0. The van der Waals surface area contributed by atoms with E-state index in [1.54, 1.807) is 0 Å². The molecule has 0 amide bonds. The molecule has 0 saturated heterocycles. The van der Waals surface area contributed by atoms with E-state index >= 15 is 0 Å². The second-order valence-electron chi connectivity index (χ2n) is 9.41. The van der Waals surface area contributed by atoms with Gasteiger partial charge >= 0.3 is 0 Å². The second kappa shape index (κ2) is 16.4. The molecule has 0 unspecified atom stereocenters. The molecule has 6 heteroatoms. The first-order chi connectivity index (χ1) is 17.8. The fourth-order valence-corrected chi connectivity index (χ4v) is 4.07. The molecule has 2 heterocycles. The monoisotopic (exact) mass is 486 g/mol. The van der Waals surface area contributed by atoms with Crippen LogP contribution in [0.3, 0.4) is 0 Å². The van der Waals surface area contributed by atoms with Crippen LogP contribution in [0, 0.1) is 0 Å². The van der Waals surface area contributed by atoms with Gasteiger partial charge in [0, 0.05) is 12.4 Å². The molecule has 0 bridgehead atoms. The first-order valence-electron chi connectivity index (χ1n) is 13.6. The lowest BCUT2D eigenvalue weighted by Gasteiger charge is -1.99. The normalized spacial score (nSPS) is 10.7. The number of aryl methyl sites for hydroxylation is 2. The molecule has 0 aliphatic heterocycles. The average molecular weight is 487 g/mol. The minimum atomic E-state index is 0.808. The van der Waals surface area contributed by atoms with Gasteiger partial charge in [-0.15, -0.1) is 10.2 Å². The largest absolute Gasteiger partial charge is 0.248 e. The van der Waals surface area contributed by atoms with Crippen LogP contribution >= 0.6 is 0 Å². The summed E-state index contributed by atoms with van der Waals surface area (Å²) in [5.41, 5.74) is 4.75. The van der Waals surface area contributed by atoms with Gasteiger partial charge in [-0.2, -0.15) is 0 Å². The Hall–Kier alpha value is -3.28. The number of hydrogen-bond acceptors (Lipinski definition) is 4. The topological polar surface area (TPSA) is 61.4 Å². The lowest BCUT2D eigenvalue weighted by Crippen LogP contribution is -1.99. The Morgan fingerprint density at radius 2 is 0.944 bits per heavy atom. The summed E-state index contributed by atoms with van der Waals surface area (Å²) in [4.78, 5) is 0. The van der Waals surface area contributed by atoms with E-state index in [1.807, 2.05) is 21.5 Å². The summed E-state index contributed by atoms with van der Waals surface area (Å²) < 4.78 is 3.84. The molecular formula is C30H42N6. The van der Waals surface area contributed by atoms with Crippen molar-refractivity contribution >= 4 is 0 Å². The highest BCUT2D eigenvalue weighted by Crippen LogP contribution is 2.08. The third-order valence-electron chi connectivity index (χ3n) is 6.12. The molecule has 0 fully saturated rings. The maximum absolute atomic E-state index is 4.22. The molecule has 0 saturated carbocycles. The molecule has 6 nitrogen and oxygen atoms in total. The first kappa shape index (κ1) is 27.3. The predicted octanol–water partition coefficient (Wildman–Crippen LogP) is 6.90. The number of unbranched alkanes of at least 4 members (excludes halogenated alkanes) is 6. The van der Waals surface area contributed by atoms with Crippen LogP contribution in [-0.4, -0.2) is 30.0 Å². The van der Waals surface area contributed by atoms with Crippen LogP contribution < -0.4 is 0 Å². The van der Waals surface area contributed by atoms with Gasteiger partial charge in [-0.3, -0.25) is 0 Å². The van der Waals surface area contributed by atoms with Crippen molar-refractivity contribution in [3.05, 3.63) is 95.6 Å². The molecule has 0 N–H and O–H groups in total. The lowest BCUT2D eigenvalue weighted by atomic mass is 10.1. The van der Waals surface area contributed by atoms with Gasteiger partial charge in [0.1, 0.15) is 0 Å². The Morgan fingerprint density at radius 1 is 0.528 bits per heavy atom. The third-order valence-corrected chi connectivity index (χ3v) is 6.12. The standard InChI is InChI=1S/2C15H21N3/c2*1-2-3-4-8-11-15-13-18(17-16-15)12-14-9-6-5-7-10-14/h2*5-7,9-10,13H,2-4,8,11-12H2,1H3. The Labute approximate surface area is 216 Å². The van der Waals surface area contributed by atoms with Gasteiger partial charge in [0.25, 0.3) is 0 Å². The van der Waals surface area contributed by atoms with Crippen molar-refractivity contribution in [1.82, 2.24) is 30.0 Å². The summed E-state index contributed by atoms with van der Waals surface area (Å²) >= 11 is 0. The molecule has 0 radical (unpaired) electrons. The van der Waals surface area contributed by atoms with Gasteiger partial charge in [-0.1, -0.05) is 123 Å². The summed E-state index contributed by atoms with van der Waals surface area (Å²) in [6, 6.07) is 20.7. The summed E-state index contributed by atoms with van der Waals surface area (Å²) in [6.45, 7) is 6.08. The second-order valence-corrected chi connectivity index (χ2v) is 9.41. The molecule has 0 atom stereocenters. The van der Waals surface area contributed by atoms with E-state index in [4.69, 9.17) is 0 Å². The molecule has 36 heavy (non-hydrogen) atoms. The van der Waals surface area contributed by atoms with Crippen LogP contribution in [0.15, 0.2) is 73.1 Å². The van der Waals surface area contributed by atoms with Gasteiger partial charge in [0.15, 0.2) is 0 Å². The number of benzene rings is 2. The van der Waals surface area contributed by atoms with Crippen LogP contribution in [-0.2, 0) is 25.9 Å². The maximum Gasteiger partial charge on any atom is 0.0827 e. The van der Waals surface area contributed by atoms with Gasteiger partial charge in [0.2, 0.25) is 0 Å². The van der Waals surface area contributed by atoms with E-state index in [2.05, 4.69) is 95.4 Å². The highest BCUT2D eigenvalue weighted by Gasteiger charge is 2.02. The molecule has 2 aromatic carbocycles. The van der Waals surface area contributed by atoms with Crippen molar-refractivity contribution in [2.75, 3.05) is 0 Å². The highest BCUT2D eigenvalue weighted by atomic mass is 15.4. The number of nitrogens with zero attached hydrogens (tertiary/aromatic N) is 6. The fourth-order valence-electron chi connectivity index (χ4n) is 4.07. The smallest absolute Gasteiger partial charge is 0.0827 e.